The van der Waals surface area contributed by atoms with E-state index in [-0.39, 0.29) is 37.0 Å². The molecule has 0 spiro atoms. The number of hydrogen-bond donors (Lipinski definition) is 2. The van der Waals surface area contributed by atoms with E-state index in [1.165, 1.54) is 9.80 Å². The first-order valence-electron chi connectivity index (χ1n) is 10.8. The van der Waals surface area contributed by atoms with Crippen molar-refractivity contribution >= 4 is 63.2 Å². The van der Waals surface area contributed by atoms with Gasteiger partial charge in [0.2, 0.25) is 0 Å². The van der Waals surface area contributed by atoms with Gasteiger partial charge in [0.25, 0.3) is 11.8 Å². The van der Waals surface area contributed by atoms with Gasteiger partial charge in [0, 0.05) is 43.3 Å². The van der Waals surface area contributed by atoms with Gasteiger partial charge < -0.3 is 14.8 Å². The zero-order valence-electron chi connectivity index (χ0n) is 18.1. The number of carbonyl (C=O) groups is 2. The van der Waals surface area contributed by atoms with Crippen LogP contribution in [0.2, 0.25) is 0 Å². The number of benzene rings is 2. The maximum atomic E-state index is 13.2. The smallest absolute Gasteiger partial charge is 0.265 e. The summed E-state index contributed by atoms with van der Waals surface area (Å²) in [6.45, 7) is 4.14. The Bertz CT molecular complexity index is 1260. The van der Waals surface area contributed by atoms with Gasteiger partial charge in [0.15, 0.2) is 5.11 Å². The van der Waals surface area contributed by atoms with E-state index < -0.39 is 11.8 Å². The van der Waals surface area contributed by atoms with Gasteiger partial charge >= 0.3 is 0 Å². The minimum absolute atomic E-state index is 0.00582. The number of aromatic nitrogens is 1. The molecule has 0 unspecified atom stereocenters. The highest BCUT2D eigenvalue weighted by Crippen LogP contribution is 2.31. The van der Waals surface area contributed by atoms with Crippen LogP contribution in [0.25, 0.3) is 34.1 Å². The van der Waals surface area contributed by atoms with Gasteiger partial charge in [-0.05, 0) is 54.9 Å². The summed E-state index contributed by atoms with van der Waals surface area (Å²) in [6.07, 6.45) is 4.03. The number of fused-ring (bicyclic) bond motifs is 3. The Balaban J connectivity index is 1.80. The normalized spacial score (nSPS) is 14.6. The Morgan fingerprint density at radius 1 is 0.879 bits per heavy atom. The van der Waals surface area contributed by atoms with Gasteiger partial charge in [-0.25, -0.2) is 0 Å². The van der Waals surface area contributed by atoms with Gasteiger partial charge in [-0.15, -0.1) is 0 Å². The van der Waals surface area contributed by atoms with E-state index in [0.717, 1.165) is 21.8 Å². The summed E-state index contributed by atoms with van der Waals surface area (Å²) < 4.78 is 2.00. The molecule has 1 aliphatic rings. The second-order valence-electron chi connectivity index (χ2n) is 7.75. The number of carbonyl (C=O) groups excluding carboxylic acids is 2. The largest absolute Gasteiger partial charge is 0.396 e. The molecule has 4 rings (SSSR count). The van der Waals surface area contributed by atoms with Crippen LogP contribution in [0, 0.1) is 0 Å². The first-order valence-corrected chi connectivity index (χ1v) is 11.2. The van der Waals surface area contributed by atoms with E-state index >= 15 is 0 Å². The monoisotopic (exact) mass is 463 g/mol. The fraction of sp³-hybridized carbons (Fsp3) is 0.240. The van der Waals surface area contributed by atoms with Crippen LogP contribution in [0.1, 0.15) is 18.4 Å². The molecule has 1 aliphatic heterocycles. The van der Waals surface area contributed by atoms with Crippen LogP contribution in [0.15, 0.2) is 54.6 Å². The molecule has 170 valence electrons. The third-order valence-corrected chi connectivity index (χ3v) is 6.16. The van der Waals surface area contributed by atoms with Crippen molar-refractivity contribution in [2.24, 2.45) is 0 Å². The number of thiocarbonyl (C=S) groups is 1. The number of amides is 2. The number of para-hydroxylation sites is 1. The van der Waals surface area contributed by atoms with Gasteiger partial charge in [0.1, 0.15) is 5.57 Å². The second kappa shape index (κ2) is 9.66. The van der Waals surface area contributed by atoms with Crippen LogP contribution in [0.3, 0.4) is 0 Å². The van der Waals surface area contributed by atoms with E-state index in [4.69, 9.17) is 12.2 Å². The highest BCUT2D eigenvalue weighted by Gasteiger charge is 2.38. The molecule has 8 heteroatoms. The van der Waals surface area contributed by atoms with Crippen molar-refractivity contribution in [1.82, 2.24) is 14.4 Å². The van der Waals surface area contributed by atoms with Crippen molar-refractivity contribution in [3.05, 3.63) is 60.2 Å². The molecule has 0 aliphatic carbocycles. The molecular weight excluding hydrogens is 438 g/mol. The predicted molar refractivity (Wildman–Crippen MR) is 133 cm³/mol. The minimum Gasteiger partial charge on any atom is -0.396 e. The second-order valence-corrected chi connectivity index (χ2v) is 8.12. The SMILES string of the molecule is C=Cn1c2ccccc2c2cc(C=C3C(=O)N(CCCO)C(=S)N(CCCO)C3=O)ccc21. The molecule has 0 saturated carbocycles. The van der Waals surface area contributed by atoms with Gasteiger partial charge in [0.05, 0.1) is 11.0 Å². The van der Waals surface area contributed by atoms with Crippen LogP contribution < -0.4 is 0 Å². The molecule has 0 atom stereocenters. The third-order valence-electron chi connectivity index (χ3n) is 5.72. The van der Waals surface area contributed by atoms with Crippen LogP contribution in [0.4, 0.5) is 0 Å². The van der Waals surface area contributed by atoms with E-state index in [1.54, 1.807) is 12.3 Å². The highest BCUT2D eigenvalue weighted by molar-refractivity contribution is 7.80. The Labute approximate surface area is 196 Å². The van der Waals surface area contributed by atoms with Gasteiger partial charge in [-0.2, -0.15) is 0 Å². The lowest BCUT2D eigenvalue weighted by Crippen LogP contribution is -2.56. The van der Waals surface area contributed by atoms with Crippen molar-refractivity contribution in [2.75, 3.05) is 26.3 Å². The zero-order chi connectivity index (χ0) is 23.5. The van der Waals surface area contributed by atoms with Crippen LogP contribution in [-0.4, -0.2) is 67.8 Å². The quantitative estimate of drug-likeness (QED) is 0.305. The number of aliphatic hydroxyl groups is 2. The summed E-state index contributed by atoms with van der Waals surface area (Å²) >= 11 is 5.39. The molecule has 2 amide bonds. The van der Waals surface area contributed by atoms with Crippen molar-refractivity contribution in [1.29, 1.82) is 0 Å². The molecule has 1 fully saturated rings. The third kappa shape index (κ3) is 4.08. The van der Waals surface area contributed by atoms with E-state index in [1.807, 2.05) is 47.0 Å². The molecule has 2 aromatic carbocycles. The molecule has 0 radical (unpaired) electrons. The Kier molecular flexibility index (Phi) is 6.69. The van der Waals surface area contributed by atoms with Crippen molar-refractivity contribution in [3.63, 3.8) is 0 Å². The van der Waals surface area contributed by atoms with Gasteiger partial charge in [-0.1, -0.05) is 30.8 Å². The van der Waals surface area contributed by atoms with Crippen molar-refractivity contribution < 1.29 is 19.8 Å². The average molecular weight is 464 g/mol. The fourth-order valence-corrected chi connectivity index (χ4v) is 4.50. The molecule has 0 bridgehead atoms. The molecule has 3 aromatic rings. The molecule has 7 nitrogen and oxygen atoms in total. The summed E-state index contributed by atoms with van der Waals surface area (Å²) in [7, 11) is 0. The average Bonchev–Trinajstić information content (AvgIpc) is 3.15. The molecule has 2 heterocycles. The fourth-order valence-electron chi connectivity index (χ4n) is 4.15. The topological polar surface area (TPSA) is 86.0 Å². The number of nitrogens with zero attached hydrogens (tertiary/aromatic N) is 3. The van der Waals surface area contributed by atoms with Crippen molar-refractivity contribution in [3.8, 4) is 0 Å². The zero-order valence-corrected chi connectivity index (χ0v) is 18.9. The molecule has 1 saturated heterocycles. The van der Waals surface area contributed by atoms with Crippen LogP contribution >= 0.6 is 12.2 Å². The maximum absolute atomic E-state index is 13.2. The minimum atomic E-state index is -0.479. The first kappa shape index (κ1) is 22.8. The van der Waals surface area contributed by atoms with E-state index in [0.29, 0.717) is 18.4 Å². The van der Waals surface area contributed by atoms with E-state index in [2.05, 4.69) is 6.58 Å². The van der Waals surface area contributed by atoms with E-state index in [9.17, 15) is 19.8 Å². The lowest BCUT2D eigenvalue weighted by molar-refractivity contribution is -0.133. The molecule has 33 heavy (non-hydrogen) atoms. The van der Waals surface area contributed by atoms with Crippen LogP contribution in [0.5, 0.6) is 0 Å². The molecule has 2 N–H and O–H groups in total. The maximum Gasteiger partial charge on any atom is 0.265 e. The summed E-state index contributed by atoms with van der Waals surface area (Å²) in [5.74, 6) is -0.959. The molecular formula is C25H25N3O4S. The summed E-state index contributed by atoms with van der Waals surface area (Å²) in [4.78, 5) is 29.0. The summed E-state index contributed by atoms with van der Waals surface area (Å²) in [5, 5.41) is 20.6. The summed E-state index contributed by atoms with van der Waals surface area (Å²) in [6, 6.07) is 13.7. The number of aliphatic hydroxyl groups excluding tert-OH is 2. The van der Waals surface area contributed by atoms with Crippen LogP contribution in [-0.2, 0) is 9.59 Å². The highest BCUT2D eigenvalue weighted by atomic mass is 32.1. The lowest BCUT2D eigenvalue weighted by Gasteiger charge is -2.36. The van der Waals surface area contributed by atoms with Gasteiger partial charge in [-0.3, -0.25) is 19.4 Å². The standard InChI is InChI=1S/C25H25N3O4S/c1-2-26-21-8-4-3-7-18(21)19-15-17(9-10-22(19)26)16-20-23(31)27(11-5-13-29)25(33)28(24(20)32)12-6-14-30/h2-4,7-10,15-16,29-30H,1,5-6,11-14H2. The van der Waals surface area contributed by atoms with Crippen molar-refractivity contribution in [2.45, 2.75) is 12.8 Å². The lowest BCUT2D eigenvalue weighted by atomic mass is 10.0. The Morgan fingerprint density at radius 3 is 2.09 bits per heavy atom. The predicted octanol–water partition coefficient (Wildman–Crippen LogP) is 3.00. The molecule has 1 aromatic heterocycles. The Morgan fingerprint density at radius 2 is 1.48 bits per heavy atom. The number of rotatable bonds is 8. The Hall–Kier alpha value is -3.33. The number of hydrogen-bond acceptors (Lipinski definition) is 5. The summed E-state index contributed by atoms with van der Waals surface area (Å²) in [5.41, 5.74) is 2.72. The first-order chi connectivity index (χ1) is 16.0.